The van der Waals surface area contributed by atoms with Crippen LogP contribution in [0.25, 0.3) is 0 Å². The summed E-state index contributed by atoms with van der Waals surface area (Å²) in [5, 5.41) is 0. The molecule has 0 fully saturated rings. The first-order chi connectivity index (χ1) is 7.54. The Balaban J connectivity index is 2.41. The van der Waals surface area contributed by atoms with Crippen LogP contribution in [0.5, 0.6) is 0 Å². The van der Waals surface area contributed by atoms with E-state index in [9.17, 15) is 0 Å². The second-order valence-electron chi connectivity index (χ2n) is 5.51. The molecule has 1 unspecified atom stereocenters. The molecule has 0 radical (unpaired) electrons. The number of halogens is 1. The van der Waals surface area contributed by atoms with Crippen molar-refractivity contribution in [2.45, 2.75) is 56.7 Å². The van der Waals surface area contributed by atoms with Crippen LogP contribution in [0.15, 0.2) is 18.2 Å². The molecule has 16 heavy (non-hydrogen) atoms. The number of alkyl halides is 1. The zero-order valence-corrected chi connectivity index (χ0v) is 12.1. The van der Waals surface area contributed by atoms with E-state index in [1.807, 2.05) is 0 Å². The van der Waals surface area contributed by atoms with Gasteiger partial charge in [0.15, 0.2) is 0 Å². The minimum atomic E-state index is 0.305. The average molecular weight is 281 g/mol. The third-order valence-electron chi connectivity index (χ3n) is 4.05. The summed E-state index contributed by atoms with van der Waals surface area (Å²) >= 11 is 3.81. The average Bonchev–Trinajstić information content (AvgIpc) is 2.29. The molecule has 0 aliphatic heterocycles. The van der Waals surface area contributed by atoms with Crippen molar-refractivity contribution in [2.24, 2.45) is 0 Å². The van der Waals surface area contributed by atoms with E-state index < -0.39 is 0 Å². The molecule has 0 N–H and O–H groups in total. The van der Waals surface area contributed by atoms with Crippen molar-refractivity contribution in [3.63, 3.8) is 0 Å². The summed E-state index contributed by atoms with van der Waals surface area (Å²) in [6, 6.07) is 7.10. The molecule has 1 atom stereocenters. The summed E-state index contributed by atoms with van der Waals surface area (Å²) in [4.78, 5) is 0.573. The number of hydrogen-bond donors (Lipinski definition) is 0. The summed E-state index contributed by atoms with van der Waals surface area (Å²) < 4.78 is 0. The van der Waals surface area contributed by atoms with Gasteiger partial charge in [-0.1, -0.05) is 54.9 Å². The van der Waals surface area contributed by atoms with Gasteiger partial charge in [0, 0.05) is 4.83 Å². The van der Waals surface area contributed by atoms with Gasteiger partial charge in [0.05, 0.1) is 0 Å². The van der Waals surface area contributed by atoms with Gasteiger partial charge in [-0.05, 0) is 47.8 Å². The van der Waals surface area contributed by atoms with Crippen molar-refractivity contribution in [2.75, 3.05) is 0 Å². The van der Waals surface area contributed by atoms with E-state index in [0.29, 0.717) is 10.2 Å². The Morgan fingerprint density at radius 2 is 2.12 bits per heavy atom. The van der Waals surface area contributed by atoms with Gasteiger partial charge in [0.2, 0.25) is 0 Å². The molecular weight excluding hydrogens is 260 g/mol. The summed E-state index contributed by atoms with van der Waals surface area (Å²) in [7, 11) is 0. The summed E-state index contributed by atoms with van der Waals surface area (Å²) in [6.45, 7) is 6.94. The maximum absolute atomic E-state index is 3.81. The predicted molar refractivity (Wildman–Crippen MR) is 74.4 cm³/mol. The van der Waals surface area contributed by atoms with Gasteiger partial charge < -0.3 is 0 Å². The summed E-state index contributed by atoms with van der Waals surface area (Å²) in [5.41, 5.74) is 4.87. The Hall–Kier alpha value is -0.300. The van der Waals surface area contributed by atoms with Crippen LogP contribution < -0.4 is 0 Å². The molecule has 88 valence electrons. The second-order valence-corrected chi connectivity index (χ2v) is 6.62. The number of hydrogen-bond acceptors (Lipinski definition) is 0. The third kappa shape index (κ3) is 2.20. The van der Waals surface area contributed by atoms with E-state index in [0.717, 1.165) is 0 Å². The fourth-order valence-electron chi connectivity index (χ4n) is 2.37. The first kappa shape index (κ1) is 12.2. The molecule has 1 aromatic carbocycles. The molecular formula is C15H21Br. The molecule has 0 saturated heterocycles. The zero-order valence-electron chi connectivity index (χ0n) is 10.5. The maximum atomic E-state index is 3.81. The highest BCUT2D eigenvalue weighted by Crippen LogP contribution is 2.38. The monoisotopic (exact) mass is 280 g/mol. The van der Waals surface area contributed by atoms with E-state index in [4.69, 9.17) is 0 Å². The first-order valence-electron chi connectivity index (χ1n) is 6.32. The molecule has 1 aliphatic carbocycles. The van der Waals surface area contributed by atoms with Gasteiger partial charge in [0.1, 0.15) is 0 Å². The molecule has 0 aromatic heterocycles. The van der Waals surface area contributed by atoms with Crippen LogP contribution in [0, 0.1) is 0 Å². The van der Waals surface area contributed by atoms with Crippen LogP contribution in [0.4, 0.5) is 0 Å². The van der Waals surface area contributed by atoms with Gasteiger partial charge in [-0.15, -0.1) is 0 Å². The van der Waals surface area contributed by atoms with Crippen LogP contribution in [-0.2, 0) is 11.8 Å². The minimum absolute atomic E-state index is 0.305. The van der Waals surface area contributed by atoms with Gasteiger partial charge in [0.25, 0.3) is 0 Å². The van der Waals surface area contributed by atoms with Crippen molar-refractivity contribution < 1.29 is 0 Å². The summed E-state index contributed by atoms with van der Waals surface area (Å²) in [6.07, 6.45) is 5.05. The molecule has 0 heterocycles. The smallest absolute Gasteiger partial charge is 0.0398 e. The van der Waals surface area contributed by atoms with Crippen LogP contribution in [0.2, 0.25) is 0 Å². The Bertz CT molecular complexity index is 379. The fourth-order valence-corrected chi connectivity index (χ4v) is 3.12. The normalized spacial score (nSPS) is 20.6. The SMILES string of the molecule is CCC(C)(C)c1ccc2c(c1)C(Br)CCC2. The molecule has 0 amide bonds. The zero-order chi connectivity index (χ0) is 11.8. The lowest BCUT2D eigenvalue weighted by molar-refractivity contribution is 0.504. The summed E-state index contributed by atoms with van der Waals surface area (Å²) in [5.74, 6) is 0. The molecule has 1 heteroatoms. The van der Waals surface area contributed by atoms with Crippen LogP contribution in [0.1, 0.15) is 61.6 Å². The van der Waals surface area contributed by atoms with Crippen molar-refractivity contribution in [3.8, 4) is 0 Å². The van der Waals surface area contributed by atoms with Gasteiger partial charge >= 0.3 is 0 Å². The van der Waals surface area contributed by atoms with Gasteiger partial charge in [-0.3, -0.25) is 0 Å². The lowest BCUT2D eigenvalue weighted by Gasteiger charge is -2.28. The topological polar surface area (TPSA) is 0 Å². The number of aryl methyl sites for hydroxylation is 1. The molecule has 0 spiro atoms. The highest BCUT2D eigenvalue weighted by molar-refractivity contribution is 9.09. The quantitative estimate of drug-likeness (QED) is 0.658. The van der Waals surface area contributed by atoms with Crippen molar-refractivity contribution >= 4 is 15.9 Å². The first-order valence-corrected chi connectivity index (χ1v) is 7.23. The molecule has 0 saturated carbocycles. The van der Waals surface area contributed by atoms with Crippen LogP contribution in [0.3, 0.4) is 0 Å². The maximum Gasteiger partial charge on any atom is 0.0398 e. The Morgan fingerprint density at radius 3 is 2.81 bits per heavy atom. The number of fused-ring (bicyclic) bond motifs is 1. The van der Waals surface area contributed by atoms with E-state index >= 15 is 0 Å². The largest absolute Gasteiger partial charge is 0.0839 e. The van der Waals surface area contributed by atoms with E-state index in [2.05, 4.69) is 54.9 Å². The van der Waals surface area contributed by atoms with Crippen LogP contribution in [-0.4, -0.2) is 0 Å². The molecule has 1 aromatic rings. The third-order valence-corrected chi connectivity index (χ3v) is 5.00. The van der Waals surface area contributed by atoms with Crippen molar-refractivity contribution in [1.29, 1.82) is 0 Å². The fraction of sp³-hybridized carbons (Fsp3) is 0.600. The van der Waals surface area contributed by atoms with Crippen LogP contribution >= 0.6 is 15.9 Å². The molecule has 0 bridgehead atoms. The highest BCUT2D eigenvalue weighted by Gasteiger charge is 2.23. The van der Waals surface area contributed by atoms with E-state index in [1.165, 1.54) is 36.8 Å². The standard InChI is InChI=1S/C15H21Br/c1-4-15(2,3)12-9-8-11-6-5-7-14(16)13(11)10-12/h8-10,14H,4-7H2,1-3H3. The lowest BCUT2D eigenvalue weighted by Crippen LogP contribution is -2.17. The Kier molecular flexibility index (Phi) is 3.44. The molecule has 2 rings (SSSR count). The highest BCUT2D eigenvalue weighted by atomic mass is 79.9. The minimum Gasteiger partial charge on any atom is -0.0839 e. The van der Waals surface area contributed by atoms with Crippen molar-refractivity contribution in [1.82, 2.24) is 0 Å². The van der Waals surface area contributed by atoms with E-state index in [1.54, 1.807) is 5.56 Å². The molecule has 1 aliphatic rings. The molecule has 0 nitrogen and oxygen atoms in total. The number of rotatable bonds is 2. The predicted octanol–water partition coefficient (Wildman–Crippen LogP) is 5.15. The van der Waals surface area contributed by atoms with Crippen molar-refractivity contribution in [3.05, 3.63) is 34.9 Å². The van der Waals surface area contributed by atoms with Gasteiger partial charge in [-0.25, -0.2) is 0 Å². The Labute approximate surface area is 108 Å². The second kappa shape index (κ2) is 4.52. The number of benzene rings is 1. The van der Waals surface area contributed by atoms with Gasteiger partial charge in [-0.2, -0.15) is 0 Å². The van der Waals surface area contributed by atoms with E-state index in [-0.39, 0.29) is 0 Å². The lowest BCUT2D eigenvalue weighted by atomic mass is 9.79. The Morgan fingerprint density at radius 1 is 1.38 bits per heavy atom.